The third kappa shape index (κ3) is 8.40. The van der Waals surface area contributed by atoms with Crippen LogP contribution in [0, 0.1) is 0 Å². The normalized spacial score (nSPS) is 12.1. The molecule has 0 saturated heterocycles. The number of pyridine rings is 1. The molecule has 1 N–H and O–H groups in total. The van der Waals surface area contributed by atoms with Crippen LogP contribution in [0.3, 0.4) is 0 Å². The van der Waals surface area contributed by atoms with Gasteiger partial charge in [-0.2, -0.15) is 18.2 Å². The van der Waals surface area contributed by atoms with E-state index in [0.29, 0.717) is 27.7 Å². The summed E-state index contributed by atoms with van der Waals surface area (Å²) >= 11 is 1.39. The Kier molecular flexibility index (Phi) is 9.13. The van der Waals surface area contributed by atoms with Crippen LogP contribution < -0.4 is 14.5 Å². The maximum atomic E-state index is 12.6. The Balaban J connectivity index is 0.000000466. The van der Waals surface area contributed by atoms with Crippen LogP contribution in [0.15, 0.2) is 36.4 Å². The summed E-state index contributed by atoms with van der Waals surface area (Å²) in [4.78, 5) is 21.5. The van der Waals surface area contributed by atoms with Crippen LogP contribution in [0.2, 0.25) is 0 Å². The molecule has 1 amide bonds. The Morgan fingerprint density at radius 1 is 1.17 bits per heavy atom. The van der Waals surface area contributed by atoms with Crippen LogP contribution in [0.4, 0.5) is 24.1 Å². The van der Waals surface area contributed by atoms with Gasteiger partial charge in [-0.1, -0.05) is 17.4 Å². The number of thiazole rings is 1. The zero-order valence-electron chi connectivity index (χ0n) is 19.1. The van der Waals surface area contributed by atoms with Gasteiger partial charge in [-0.3, -0.25) is 14.6 Å². The lowest BCUT2D eigenvalue weighted by Crippen LogP contribution is -2.36. The number of fused-ring (bicyclic) bond motifs is 1. The number of benzene rings is 1. The average Bonchev–Trinajstić information content (AvgIpc) is 3.14. The monoisotopic (exact) mass is 536 g/mol. The molecule has 15 heteroatoms. The van der Waals surface area contributed by atoms with E-state index in [0.717, 1.165) is 16.0 Å². The molecule has 0 unspecified atom stereocenters. The van der Waals surface area contributed by atoms with Crippen LogP contribution in [0.25, 0.3) is 10.2 Å². The summed E-state index contributed by atoms with van der Waals surface area (Å²) in [5.74, 6) is 1.23. The predicted octanol–water partition coefficient (Wildman–Crippen LogP) is 3.56. The van der Waals surface area contributed by atoms with Gasteiger partial charge in [0, 0.05) is 12.7 Å². The first-order chi connectivity index (χ1) is 16.1. The van der Waals surface area contributed by atoms with Gasteiger partial charge in [-0.25, -0.2) is 13.4 Å². The second-order valence-electron chi connectivity index (χ2n) is 7.65. The van der Waals surface area contributed by atoms with Crippen molar-refractivity contribution in [3.05, 3.63) is 42.1 Å². The Labute approximate surface area is 203 Å². The minimum absolute atomic E-state index is 0.207. The van der Waals surface area contributed by atoms with Gasteiger partial charge in [-0.15, -0.1) is 0 Å². The summed E-state index contributed by atoms with van der Waals surface area (Å²) in [5.41, 5.74) is -4.49. The van der Waals surface area contributed by atoms with Crippen LogP contribution >= 0.6 is 11.3 Å². The number of carbonyl (C=O) groups is 1. The molecule has 0 radical (unpaired) electrons. The van der Waals surface area contributed by atoms with Crippen LogP contribution in [-0.4, -0.2) is 68.9 Å². The Morgan fingerprint density at radius 3 is 2.40 bits per heavy atom. The maximum absolute atomic E-state index is 12.6. The van der Waals surface area contributed by atoms with Crippen molar-refractivity contribution in [2.75, 3.05) is 39.9 Å². The van der Waals surface area contributed by atoms with Crippen molar-refractivity contribution < 1.29 is 40.4 Å². The number of quaternary nitrogens is 1. The second kappa shape index (κ2) is 11.3. The van der Waals surface area contributed by atoms with Crippen molar-refractivity contribution in [2.24, 2.45) is 0 Å². The molecule has 35 heavy (non-hydrogen) atoms. The highest BCUT2D eigenvalue weighted by atomic mass is 32.2. The number of hydrogen-bond acceptors (Lipinski definition) is 9. The van der Waals surface area contributed by atoms with E-state index in [2.05, 4.69) is 15.3 Å². The Morgan fingerprint density at radius 2 is 1.83 bits per heavy atom. The second-order valence-corrected chi connectivity index (χ2v) is 10.1. The fraction of sp³-hybridized carbons (Fsp3) is 0.350. The topological polar surface area (TPSA) is 131 Å². The molecular formula is C20H23F3N4O6S2. The van der Waals surface area contributed by atoms with Gasteiger partial charge in [0.05, 0.1) is 31.4 Å². The van der Waals surface area contributed by atoms with E-state index >= 15 is 0 Å². The van der Waals surface area contributed by atoms with Crippen LogP contribution in [-0.2, 0) is 14.9 Å². The number of aromatic nitrogens is 2. The maximum Gasteiger partial charge on any atom is 0.485 e. The molecule has 0 atom stereocenters. The third-order valence-corrected chi connectivity index (χ3v) is 5.53. The molecule has 2 heterocycles. The summed E-state index contributed by atoms with van der Waals surface area (Å²) in [6, 6.07) is 11.0. The molecule has 10 nitrogen and oxygen atoms in total. The highest BCUT2D eigenvalue weighted by molar-refractivity contribution is 7.86. The quantitative estimate of drug-likeness (QED) is 0.159. The number of ether oxygens (including phenoxy) is 2. The molecule has 2 aromatic heterocycles. The summed E-state index contributed by atoms with van der Waals surface area (Å²) in [6.07, 6.45) is 0. The molecule has 0 bridgehead atoms. The van der Waals surface area contributed by atoms with Crippen molar-refractivity contribution in [3.63, 3.8) is 0 Å². The lowest BCUT2D eigenvalue weighted by molar-refractivity contribution is -0.0517. The molecule has 0 aliphatic carbocycles. The lowest BCUT2D eigenvalue weighted by Gasteiger charge is -2.21. The van der Waals surface area contributed by atoms with E-state index in [1.807, 2.05) is 58.4 Å². The Bertz CT molecular complexity index is 1270. The van der Waals surface area contributed by atoms with E-state index in [1.54, 1.807) is 6.07 Å². The average molecular weight is 537 g/mol. The summed E-state index contributed by atoms with van der Waals surface area (Å²) < 4.78 is 71.1. The summed E-state index contributed by atoms with van der Waals surface area (Å²) in [7, 11) is -0.0820. The third-order valence-electron chi connectivity index (χ3n) is 4.03. The molecule has 1 aromatic carbocycles. The van der Waals surface area contributed by atoms with E-state index in [-0.39, 0.29) is 12.7 Å². The molecule has 192 valence electrons. The number of amides is 1. The van der Waals surface area contributed by atoms with Gasteiger partial charge in [-0.05, 0) is 31.2 Å². The van der Waals surface area contributed by atoms with Crippen molar-refractivity contribution in [3.8, 4) is 5.75 Å². The van der Waals surface area contributed by atoms with Crippen LogP contribution in [0.5, 0.6) is 5.75 Å². The van der Waals surface area contributed by atoms with Gasteiger partial charge < -0.3 is 14.0 Å². The Hall–Kier alpha value is -2.85. The predicted molar refractivity (Wildman–Crippen MR) is 124 cm³/mol. The fourth-order valence-electron chi connectivity index (χ4n) is 2.33. The summed E-state index contributed by atoms with van der Waals surface area (Å²) in [5, 5.41) is 3.35. The van der Waals surface area contributed by atoms with Gasteiger partial charge >= 0.3 is 5.51 Å². The summed E-state index contributed by atoms with van der Waals surface area (Å²) in [6.45, 7) is 2.72. The zero-order chi connectivity index (χ0) is 26.4. The first-order valence-corrected chi connectivity index (χ1v) is 12.1. The van der Waals surface area contributed by atoms with Gasteiger partial charge in [0.1, 0.15) is 11.4 Å². The highest BCUT2D eigenvalue weighted by Gasteiger charge is 2.36. The molecule has 0 fully saturated rings. The van der Waals surface area contributed by atoms with Gasteiger partial charge in [0.2, 0.25) is 5.82 Å². The van der Waals surface area contributed by atoms with Crippen LogP contribution in [0.1, 0.15) is 17.4 Å². The number of alkyl halides is 3. The van der Waals surface area contributed by atoms with Crippen molar-refractivity contribution >= 4 is 48.5 Å². The number of carbonyl (C=O) groups excluding carboxylic acids is 1. The number of rotatable bonds is 7. The molecule has 0 aliphatic rings. The number of anilines is 1. The molecule has 0 spiro atoms. The number of nitrogens with one attached hydrogen (secondary N) is 1. The first kappa shape index (κ1) is 28.4. The highest BCUT2D eigenvalue weighted by Crippen LogP contribution is 2.29. The molecular weight excluding hydrogens is 513 g/mol. The largest absolute Gasteiger partial charge is 0.741 e. The number of nitrogens with zero attached hydrogens (tertiary/aromatic N) is 3. The van der Waals surface area contributed by atoms with Gasteiger partial charge in [0.25, 0.3) is 5.91 Å². The lowest BCUT2D eigenvalue weighted by atomic mass is 10.3. The minimum atomic E-state index is -6.09. The van der Waals surface area contributed by atoms with E-state index in [9.17, 15) is 18.0 Å². The van der Waals surface area contributed by atoms with Crippen molar-refractivity contribution in [2.45, 2.75) is 12.4 Å². The first-order valence-electron chi connectivity index (χ1n) is 9.85. The zero-order valence-corrected chi connectivity index (χ0v) is 20.8. The van der Waals surface area contributed by atoms with E-state index in [1.165, 1.54) is 11.3 Å². The van der Waals surface area contributed by atoms with Gasteiger partial charge in [0.15, 0.2) is 22.0 Å². The smallest absolute Gasteiger partial charge is 0.485 e. The molecule has 0 saturated carbocycles. The fourth-order valence-corrected chi connectivity index (χ4v) is 3.22. The minimum Gasteiger partial charge on any atom is -0.741 e. The number of hydrogen-bond donors (Lipinski definition) is 1. The molecule has 3 rings (SSSR count). The molecule has 0 aliphatic heterocycles. The SMILES string of the molecule is CCOCOc1ccc2nc(NC(=O)c3cccc([N+](C)(C)C)n3)sc2c1.O=S(=O)([O-])C(F)(F)F. The molecule has 3 aromatic rings. The number of halogens is 3. The van der Waals surface area contributed by atoms with Crippen molar-refractivity contribution in [1.29, 1.82) is 0 Å². The van der Waals surface area contributed by atoms with E-state index in [4.69, 9.17) is 22.4 Å². The van der Waals surface area contributed by atoms with E-state index < -0.39 is 15.6 Å². The van der Waals surface area contributed by atoms with Crippen molar-refractivity contribution in [1.82, 2.24) is 14.5 Å². The standard InChI is InChI=1S/C19H22N4O3S.CHF3O3S/c1-5-25-12-26-13-9-10-14-16(11-13)27-19(21-14)22-18(24)15-7-6-8-17(20-15)23(2,3)4;2-1(3,4)8(5,6)7/h6-11H,5,12H2,1-4H3;(H,5,6,7).